The van der Waals surface area contributed by atoms with Gasteiger partial charge in [0.25, 0.3) is 5.91 Å². The largest absolute Gasteiger partial charge is 0.359 e. The van der Waals surface area contributed by atoms with E-state index in [2.05, 4.69) is 10.3 Å². The summed E-state index contributed by atoms with van der Waals surface area (Å²) in [5.74, 6) is -0.569. The number of rotatable bonds is 4. The first-order valence-electron chi connectivity index (χ1n) is 8.47. The van der Waals surface area contributed by atoms with Gasteiger partial charge in [-0.25, -0.2) is 0 Å². The van der Waals surface area contributed by atoms with Gasteiger partial charge in [-0.2, -0.15) is 0 Å². The van der Waals surface area contributed by atoms with Crippen LogP contribution in [0.25, 0.3) is 10.9 Å². The summed E-state index contributed by atoms with van der Waals surface area (Å²) in [6.07, 6.45) is 1.35. The second-order valence-corrected chi connectivity index (χ2v) is 6.67. The number of ketones is 1. The van der Waals surface area contributed by atoms with Crippen LogP contribution in [0.2, 0.25) is 5.02 Å². The number of carbonyl (C=O) groups is 2. The third-order valence-electron chi connectivity index (χ3n) is 4.47. The number of amides is 1. The van der Waals surface area contributed by atoms with E-state index in [0.29, 0.717) is 33.7 Å². The minimum atomic E-state index is -0.329. The molecule has 1 atom stereocenters. The van der Waals surface area contributed by atoms with E-state index in [1.54, 1.807) is 42.5 Å². The Kier molecular flexibility index (Phi) is 4.49. The van der Waals surface area contributed by atoms with Crippen molar-refractivity contribution in [3.63, 3.8) is 0 Å². The maximum atomic E-state index is 13.0. The highest BCUT2D eigenvalue weighted by Crippen LogP contribution is 2.27. The molecule has 132 valence electrons. The average Bonchev–Trinajstić information content (AvgIpc) is 3.28. The first-order chi connectivity index (χ1) is 12.6. The predicted octanol–water partition coefficient (Wildman–Crippen LogP) is 3.92. The Morgan fingerprint density at radius 1 is 1.15 bits per heavy atom. The molecule has 3 aromatic rings. The highest BCUT2D eigenvalue weighted by Gasteiger charge is 2.27. The predicted molar refractivity (Wildman–Crippen MR) is 99.6 cm³/mol. The Balaban J connectivity index is 1.80. The van der Waals surface area contributed by atoms with Crippen molar-refractivity contribution < 1.29 is 14.3 Å². The number of halogens is 1. The number of hydrogen-bond donors (Lipinski definition) is 2. The molecule has 4 rings (SSSR count). The number of carbonyl (C=O) groups excluding carboxylic acids is 2. The number of ether oxygens (including phenoxy) is 1. The van der Waals surface area contributed by atoms with Gasteiger partial charge in [0.1, 0.15) is 11.9 Å². The lowest BCUT2D eigenvalue weighted by atomic mass is 10.0. The monoisotopic (exact) mass is 368 g/mol. The minimum absolute atomic E-state index is 0.240. The molecule has 0 bridgehead atoms. The first kappa shape index (κ1) is 16.8. The summed E-state index contributed by atoms with van der Waals surface area (Å²) in [6.45, 7) is 0.629. The molecule has 2 heterocycles. The number of fused-ring (bicyclic) bond motifs is 1. The fraction of sp³-hybridized carbons (Fsp3) is 0.200. The number of H-pyrrole nitrogens is 1. The number of aromatic amines is 1. The molecule has 1 unspecified atom stereocenters. The van der Waals surface area contributed by atoms with E-state index in [-0.39, 0.29) is 23.6 Å². The van der Waals surface area contributed by atoms with Crippen molar-refractivity contribution in [3.8, 4) is 0 Å². The molecule has 1 aliphatic rings. The van der Waals surface area contributed by atoms with E-state index in [4.69, 9.17) is 16.3 Å². The van der Waals surface area contributed by atoms with Crippen molar-refractivity contribution in [3.05, 3.63) is 70.4 Å². The highest BCUT2D eigenvalue weighted by molar-refractivity contribution is 6.31. The Bertz CT molecular complexity index is 975. The molecule has 1 aliphatic heterocycles. The van der Waals surface area contributed by atoms with E-state index in [0.717, 1.165) is 12.8 Å². The summed E-state index contributed by atoms with van der Waals surface area (Å²) >= 11 is 6.07. The van der Waals surface area contributed by atoms with Gasteiger partial charge in [0, 0.05) is 28.1 Å². The number of benzene rings is 2. The molecule has 0 radical (unpaired) electrons. The molecule has 0 saturated carbocycles. The van der Waals surface area contributed by atoms with Crippen molar-refractivity contribution in [1.29, 1.82) is 0 Å². The van der Waals surface area contributed by atoms with Gasteiger partial charge in [-0.1, -0.05) is 48.0 Å². The maximum Gasteiger partial charge on any atom is 0.256 e. The van der Waals surface area contributed by atoms with Crippen molar-refractivity contribution in [2.75, 3.05) is 6.61 Å². The molecule has 2 N–H and O–H groups in total. The normalized spacial score (nSPS) is 16.7. The number of hydrogen-bond acceptors (Lipinski definition) is 3. The second-order valence-electron chi connectivity index (χ2n) is 6.24. The Morgan fingerprint density at radius 3 is 2.69 bits per heavy atom. The smallest absolute Gasteiger partial charge is 0.256 e. The van der Waals surface area contributed by atoms with Gasteiger partial charge in [0.05, 0.1) is 5.56 Å². The van der Waals surface area contributed by atoms with Crippen LogP contribution in [0.3, 0.4) is 0 Å². The third kappa shape index (κ3) is 3.11. The molecule has 1 amide bonds. The lowest BCUT2D eigenvalue weighted by molar-refractivity contribution is 0.0639. The van der Waals surface area contributed by atoms with Gasteiger partial charge >= 0.3 is 0 Å². The van der Waals surface area contributed by atoms with Crippen molar-refractivity contribution in [2.45, 2.75) is 19.1 Å². The zero-order chi connectivity index (χ0) is 18.1. The number of aromatic nitrogens is 1. The molecular formula is C20H17ClN2O3. The van der Waals surface area contributed by atoms with Crippen LogP contribution in [0.5, 0.6) is 0 Å². The lowest BCUT2D eigenvalue weighted by Gasteiger charge is -2.12. The van der Waals surface area contributed by atoms with Crippen LogP contribution in [-0.2, 0) is 4.74 Å². The van der Waals surface area contributed by atoms with Gasteiger partial charge in [0.2, 0.25) is 5.78 Å². The molecule has 1 aromatic heterocycles. The van der Waals surface area contributed by atoms with Gasteiger partial charge in [-0.3, -0.25) is 9.59 Å². The quantitative estimate of drug-likeness (QED) is 0.686. The van der Waals surface area contributed by atoms with E-state index in [1.165, 1.54) is 0 Å². The van der Waals surface area contributed by atoms with Crippen LogP contribution >= 0.6 is 11.6 Å². The zero-order valence-electron chi connectivity index (χ0n) is 13.9. The lowest BCUT2D eigenvalue weighted by Crippen LogP contribution is -2.34. The van der Waals surface area contributed by atoms with Crippen LogP contribution in [0.15, 0.2) is 48.5 Å². The van der Waals surface area contributed by atoms with Gasteiger partial charge in [-0.15, -0.1) is 0 Å². The van der Waals surface area contributed by atoms with Gasteiger partial charge in [-0.05, 0) is 25.0 Å². The van der Waals surface area contributed by atoms with Crippen molar-refractivity contribution in [1.82, 2.24) is 10.3 Å². The summed E-state index contributed by atoms with van der Waals surface area (Å²) in [6, 6.07) is 14.0. The van der Waals surface area contributed by atoms with Crippen LogP contribution in [-0.4, -0.2) is 29.5 Å². The van der Waals surface area contributed by atoms with Crippen LogP contribution in [0, 0.1) is 0 Å². The Hall–Kier alpha value is -2.63. The fourth-order valence-electron chi connectivity index (χ4n) is 3.22. The van der Waals surface area contributed by atoms with Crippen LogP contribution < -0.4 is 5.32 Å². The summed E-state index contributed by atoms with van der Waals surface area (Å²) in [5, 5.41) is 4.06. The van der Waals surface area contributed by atoms with Gasteiger partial charge in [0.15, 0.2) is 0 Å². The van der Waals surface area contributed by atoms with Gasteiger partial charge < -0.3 is 15.0 Å². The topological polar surface area (TPSA) is 71.2 Å². The van der Waals surface area contributed by atoms with E-state index in [1.807, 2.05) is 6.07 Å². The Morgan fingerprint density at radius 2 is 1.96 bits per heavy atom. The second kappa shape index (κ2) is 6.94. The summed E-state index contributed by atoms with van der Waals surface area (Å²) in [7, 11) is 0. The third-order valence-corrected chi connectivity index (χ3v) is 4.71. The molecule has 5 nitrogen and oxygen atoms in total. The molecule has 2 aromatic carbocycles. The summed E-state index contributed by atoms with van der Waals surface area (Å²) in [4.78, 5) is 29.0. The standard InChI is InChI=1S/C20H17ClN2O3/c21-13-8-9-14-15(11-13)22-18(19(24)12-5-2-1-3-6-12)17(14)20(25)23-16-7-4-10-26-16/h1-3,5-6,8-9,11,16,22H,4,7,10H2,(H,23,25). The average molecular weight is 369 g/mol. The molecular weight excluding hydrogens is 352 g/mol. The molecule has 26 heavy (non-hydrogen) atoms. The summed E-state index contributed by atoms with van der Waals surface area (Å²) < 4.78 is 5.49. The Labute approximate surface area is 155 Å². The van der Waals surface area contributed by atoms with E-state index in [9.17, 15) is 9.59 Å². The SMILES string of the molecule is O=C(c1ccccc1)c1[nH]c2cc(Cl)ccc2c1C(=O)NC1CCCO1. The highest BCUT2D eigenvalue weighted by atomic mass is 35.5. The number of nitrogens with one attached hydrogen (secondary N) is 2. The van der Waals surface area contributed by atoms with Crippen molar-refractivity contribution >= 4 is 34.2 Å². The zero-order valence-corrected chi connectivity index (χ0v) is 14.7. The molecule has 6 heteroatoms. The van der Waals surface area contributed by atoms with Crippen molar-refractivity contribution in [2.24, 2.45) is 0 Å². The fourth-order valence-corrected chi connectivity index (χ4v) is 3.39. The minimum Gasteiger partial charge on any atom is -0.359 e. The maximum absolute atomic E-state index is 13.0. The molecule has 1 fully saturated rings. The molecule has 0 aliphatic carbocycles. The van der Waals surface area contributed by atoms with E-state index < -0.39 is 0 Å². The van der Waals surface area contributed by atoms with Crippen LogP contribution in [0.4, 0.5) is 0 Å². The van der Waals surface area contributed by atoms with Crippen LogP contribution in [0.1, 0.15) is 39.3 Å². The molecule has 0 spiro atoms. The summed E-state index contributed by atoms with van der Waals surface area (Å²) in [5.41, 5.74) is 1.73. The molecule has 1 saturated heterocycles. The van der Waals surface area contributed by atoms with E-state index >= 15 is 0 Å². The first-order valence-corrected chi connectivity index (χ1v) is 8.85.